The fourth-order valence-electron chi connectivity index (χ4n) is 3.89. The number of hydrogen-bond acceptors (Lipinski definition) is 8. The number of carbonyl (C=O) groups excluding carboxylic acids is 2. The molecule has 0 saturated carbocycles. The molecule has 2 N–H and O–H groups in total. The first-order valence-corrected chi connectivity index (χ1v) is 10.6. The minimum atomic E-state index is -5.32. The Balaban J connectivity index is 1.67. The summed E-state index contributed by atoms with van der Waals surface area (Å²) < 4.78 is 41.4. The molecule has 2 aromatic carbocycles. The van der Waals surface area contributed by atoms with Crippen LogP contribution >= 0.6 is 0 Å². The van der Waals surface area contributed by atoms with E-state index in [1.165, 1.54) is 6.07 Å². The predicted octanol–water partition coefficient (Wildman–Crippen LogP) is 3.02. The van der Waals surface area contributed by atoms with Gasteiger partial charge < -0.3 is 19.8 Å². The number of ether oxygens (including phenoxy) is 1. The van der Waals surface area contributed by atoms with E-state index in [1.807, 2.05) is 25.1 Å². The minimum absolute atomic E-state index is 0.00596. The molecule has 1 aliphatic rings. The quantitative estimate of drug-likeness (QED) is 0.425. The van der Waals surface area contributed by atoms with Crippen LogP contribution in [-0.4, -0.2) is 75.6 Å². The second-order valence-electron chi connectivity index (χ2n) is 8.04. The number of amides is 1. The van der Waals surface area contributed by atoms with Gasteiger partial charge in [0.25, 0.3) is 0 Å². The Morgan fingerprint density at radius 1 is 1.14 bits per heavy atom. The standard InChI is InChI=1S/C23H21F3N4O5/c1-13-6-7-15-17(10-13)27-19(16-4-2-3-5-18(16)32)28-20(15)29-8-9-30(14(11-29)12-31)22(34)35-21(33)23(24,25)26/h2-7,10,14,31-32H,8-9,11-12H2,1H3. The van der Waals surface area contributed by atoms with Gasteiger partial charge in [-0.1, -0.05) is 18.2 Å². The molecule has 4 rings (SSSR count). The van der Waals surface area contributed by atoms with Crippen molar-refractivity contribution in [3.63, 3.8) is 0 Å². The number of para-hydroxylation sites is 1. The van der Waals surface area contributed by atoms with Gasteiger partial charge in [-0.25, -0.2) is 19.6 Å². The van der Waals surface area contributed by atoms with Crippen LogP contribution in [-0.2, 0) is 9.53 Å². The Morgan fingerprint density at radius 2 is 1.89 bits per heavy atom. The van der Waals surface area contributed by atoms with Crippen LogP contribution in [0.4, 0.5) is 23.8 Å². The van der Waals surface area contributed by atoms with Crippen LogP contribution in [0.5, 0.6) is 5.75 Å². The number of fused-ring (bicyclic) bond motifs is 1. The number of aromatic hydroxyl groups is 1. The number of phenols is 1. The zero-order valence-electron chi connectivity index (χ0n) is 18.5. The third-order valence-electron chi connectivity index (χ3n) is 5.62. The molecule has 1 aliphatic heterocycles. The van der Waals surface area contributed by atoms with Crippen molar-refractivity contribution in [2.24, 2.45) is 0 Å². The van der Waals surface area contributed by atoms with Gasteiger partial charge in [-0.15, -0.1) is 0 Å². The van der Waals surface area contributed by atoms with Gasteiger partial charge in [-0.2, -0.15) is 13.2 Å². The lowest BCUT2D eigenvalue weighted by Gasteiger charge is -2.40. The second kappa shape index (κ2) is 9.37. The van der Waals surface area contributed by atoms with E-state index in [0.717, 1.165) is 10.5 Å². The summed E-state index contributed by atoms with van der Waals surface area (Å²) in [5.74, 6) is -1.91. The van der Waals surface area contributed by atoms with Crippen LogP contribution in [0.2, 0.25) is 0 Å². The van der Waals surface area contributed by atoms with E-state index in [4.69, 9.17) is 0 Å². The summed E-state index contributed by atoms with van der Waals surface area (Å²) in [7, 11) is 0. The normalized spacial score (nSPS) is 16.4. The molecule has 1 aromatic heterocycles. The third kappa shape index (κ3) is 4.97. The van der Waals surface area contributed by atoms with Gasteiger partial charge in [0.2, 0.25) is 0 Å². The molecule has 1 saturated heterocycles. The first-order valence-electron chi connectivity index (χ1n) is 10.6. The first-order chi connectivity index (χ1) is 16.6. The predicted molar refractivity (Wildman–Crippen MR) is 119 cm³/mol. The number of anilines is 1. The van der Waals surface area contributed by atoms with Gasteiger partial charge >= 0.3 is 18.2 Å². The van der Waals surface area contributed by atoms with Gasteiger partial charge in [0.05, 0.1) is 23.7 Å². The van der Waals surface area contributed by atoms with E-state index in [2.05, 4.69) is 14.7 Å². The molecule has 0 radical (unpaired) electrons. The number of phenolic OH excluding ortho intramolecular Hbond substituents is 1. The average molecular weight is 490 g/mol. The topological polar surface area (TPSA) is 116 Å². The van der Waals surface area contributed by atoms with Crippen molar-refractivity contribution in [3.8, 4) is 17.1 Å². The summed E-state index contributed by atoms with van der Waals surface area (Å²) in [5.41, 5.74) is 1.95. The van der Waals surface area contributed by atoms with E-state index < -0.39 is 30.9 Å². The molecule has 184 valence electrons. The van der Waals surface area contributed by atoms with Crippen LogP contribution in [0.1, 0.15) is 5.56 Å². The molecule has 1 atom stereocenters. The molecule has 0 spiro atoms. The SMILES string of the molecule is Cc1ccc2c(N3CCN(C(=O)OC(=O)C(F)(F)F)C(CO)C3)nc(-c3ccccc3O)nc2c1. The molecule has 1 amide bonds. The number of carbonyl (C=O) groups is 2. The van der Waals surface area contributed by atoms with Gasteiger partial charge in [0.15, 0.2) is 5.82 Å². The molecule has 35 heavy (non-hydrogen) atoms. The van der Waals surface area contributed by atoms with E-state index >= 15 is 0 Å². The average Bonchev–Trinajstić information content (AvgIpc) is 2.82. The summed E-state index contributed by atoms with van der Waals surface area (Å²) in [4.78, 5) is 35.1. The number of esters is 1. The zero-order chi connectivity index (χ0) is 25.3. The number of halogens is 3. The number of benzene rings is 2. The smallest absolute Gasteiger partial charge is 0.491 e. The minimum Gasteiger partial charge on any atom is -0.507 e. The molecule has 0 aliphatic carbocycles. The Kier molecular flexibility index (Phi) is 6.48. The Labute approximate surface area is 197 Å². The Morgan fingerprint density at radius 3 is 2.57 bits per heavy atom. The number of rotatable bonds is 3. The van der Waals surface area contributed by atoms with Crippen LogP contribution in [0.15, 0.2) is 42.5 Å². The number of nitrogens with zero attached hydrogens (tertiary/aromatic N) is 4. The van der Waals surface area contributed by atoms with Crippen molar-refractivity contribution in [2.45, 2.75) is 19.1 Å². The summed E-state index contributed by atoms with van der Waals surface area (Å²) in [6.07, 6.45) is -6.80. The molecule has 3 aromatic rings. The number of alkyl halides is 3. The number of aromatic nitrogens is 2. The van der Waals surface area contributed by atoms with Crippen molar-refractivity contribution < 1.29 is 37.7 Å². The lowest BCUT2D eigenvalue weighted by Crippen LogP contribution is -2.57. The molecule has 1 fully saturated rings. The maximum atomic E-state index is 12.5. The molecule has 12 heteroatoms. The monoisotopic (exact) mass is 490 g/mol. The number of aliphatic hydroxyl groups is 1. The summed E-state index contributed by atoms with van der Waals surface area (Å²) in [6.45, 7) is 1.33. The van der Waals surface area contributed by atoms with Crippen LogP contribution in [0.25, 0.3) is 22.3 Å². The summed E-state index contributed by atoms with van der Waals surface area (Å²) in [5, 5.41) is 20.8. The van der Waals surface area contributed by atoms with Crippen molar-refractivity contribution >= 4 is 28.8 Å². The molecule has 9 nitrogen and oxygen atoms in total. The second-order valence-corrected chi connectivity index (χ2v) is 8.04. The highest BCUT2D eigenvalue weighted by Gasteiger charge is 2.44. The van der Waals surface area contributed by atoms with Gasteiger partial charge in [0, 0.05) is 25.0 Å². The Hall–Kier alpha value is -3.93. The van der Waals surface area contributed by atoms with E-state index in [0.29, 0.717) is 22.3 Å². The van der Waals surface area contributed by atoms with Crippen LogP contribution in [0, 0.1) is 6.92 Å². The number of piperazine rings is 1. The highest BCUT2D eigenvalue weighted by Crippen LogP contribution is 2.33. The Bertz CT molecular complexity index is 1280. The first kappa shape index (κ1) is 24.2. The van der Waals surface area contributed by atoms with Crippen LogP contribution < -0.4 is 4.90 Å². The lowest BCUT2D eigenvalue weighted by molar-refractivity contribution is -0.194. The summed E-state index contributed by atoms with van der Waals surface area (Å²) >= 11 is 0. The van der Waals surface area contributed by atoms with Gasteiger partial charge in [-0.05, 0) is 36.8 Å². The van der Waals surface area contributed by atoms with Crippen molar-refractivity contribution in [1.82, 2.24) is 14.9 Å². The number of aryl methyl sites for hydroxylation is 1. The maximum Gasteiger partial charge on any atom is 0.491 e. The van der Waals surface area contributed by atoms with E-state index in [1.54, 1.807) is 23.1 Å². The summed E-state index contributed by atoms with van der Waals surface area (Å²) in [6, 6.07) is 11.2. The maximum absolute atomic E-state index is 12.5. The lowest BCUT2D eigenvalue weighted by atomic mass is 10.1. The number of hydrogen-bond donors (Lipinski definition) is 2. The van der Waals surface area contributed by atoms with E-state index in [9.17, 15) is 33.0 Å². The van der Waals surface area contributed by atoms with Crippen LogP contribution in [0.3, 0.4) is 0 Å². The van der Waals surface area contributed by atoms with Crippen molar-refractivity contribution in [2.75, 3.05) is 31.1 Å². The molecular formula is C23H21F3N4O5. The molecule has 1 unspecified atom stereocenters. The highest BCUT2D eigenvalue weighted by atomic mass is 19.4. The van der Waals surface area contributed by atoms with Gasteiger partial charge in [0.1, 0.15) is 11.6 Å². The zero-order valence-corrected chi connectivity index (χ0v) is 18.5. The number of aliphatic hydroxyl groups excluding tert-OH is 1. The fraction of sp³-hybridized carbons (Fsp3) is 0.304. The molecular weight excluding hydrogens is 469 g/mol. The fourth-order valence-corrected chi connectivity index (χ4v) is 3.89. The largest absolute Gasteiger partial charge is 0.507 e. The van der Waals surface area contributed by atoms with Gasteiger partial charge in [-0.3, -0.25) is 4.90 Å². The highest BCUT2D eigenvalue weighted by molar-refractivity contribution is 5.92. The molecule has 0 bridgehead atoms. The van der Waals surface area contributed by atoms with Crippen molar-refractivity contribution in [1.29, 1.82) is 0 Å². The van der Waals surface area contributed by atoms with Crippen molar-refractivity contribution in [3.05, 3.63) is 48.0 Å². The van der Waals surface area contributed by atoms with E-state index in [-0.39, 0.29) is 31.2 Å². The third-order valence-corrected chi connectivity index (χ3v) is 5.62. The molecule has 2 heterocycles.